The molecule has 0 saturated carbocycles. The van der Waals surface area contributed by atoms with Gasteiger partial charge in [0.1, 0.15) is 0 Å². The first kappa shape index (κ1) is 15.6. The predicted molar refractivity (Wildman–Crippen MR) is 87.3 cm³/mol. The fourth-order valence-corrected chi connectivity index (χ4v) is 4.51. The Bertz CT molecular complexity index is 559. The van der Waals surface area contributed by atoms with Crippen LogP contribution in [0, 0.1) is 5.92 Å². The van der Waals surface area contributed by atoms with Crippen LogP contribution in [0.5, 0.6) is 0 Å². The molecule has 0 fully saturated rings. The molecule has 1 aromatic heterocycles. The summed E-state index contributed by atoms with van der Waals surface area (Å²) < 4.78 is 16.6. The lowest BCUT2D eigenvalue weighted by Crippen LogP contribution is -2.34. The number of rotatable bonds is 6. The Morgan fingerprint density at radius 2 is 1.95 bits per heavy atom. The molecule has 0 aliphatic rings. The van der Waals surface area contributed by atoms with Gasteiger partial charge in [0, 0.05) is 12.6 Å². The average Bonchev–Trinajstić information content (AvgIpc) is 2.81. The van der Waals surface area contributed by atoms with E-state index in [1.165, 1.54) is 11.3 Å². The van der Waals surface area contributed by atoms with Gasteiger partial charge in [-0.15, -0.1) is 11.3 Å². The molecule has 0 spiro atoms. The van der Waals surface area contributed by atoms with E-state index in [1.807, 2.05) is 28.6 Å². The van der Waals surface area contributed by atoms with Gasteiger partial charge in [-0.2, -0.15) is 0 Å². The van der Waals surface area contributed by atoms with Gasteiger partial charge >= 0.3 is 0 Å². The van der Waals surface area contributed by atoms with E-state index in [-0.39, 0.29) is 6.04 Å². The lowest BCUT2D eigenvalue weighted by Gasteiger charge is -2.24. The van der Waals surface area contributed by atoms with Crippen molar-refractivity contribution in [1.82, 2.24) is 9.29 Å². The lowest BCUT2D eigenvalue weighted by atomic mass is 10.1. The van der Waals surface area contributed by atoms with Crippen LogP contribution in [0.25, 0.3) is 10.2 Å². The number of hydrogen-bond acceptors (Lipinski definition) is 3. The first-order valence-corrected chi connectivity index (χ1v) is 8.95. The average molecular weight is 310 g/mol. The fourth-order valence-electron chi connectivity index (χ4n) is 1.94. The van der Waals surface area contributed by atoms with Crippen molar-refractivity contribution in [3.8, 4) is 0 Å². The summed E-state index contributed by atoms with van der Waals surface area (Å²) >= 11 is 1.53. The molecule has 1 atom stereocenters. The number of thiazole rings is 1. The summed E-state index contributed by atoms with van der Waals surface area (Å²) in [5, 5.41) is 0. The topological polar surface area (TPSA) is 33.2 Å². The van der Waals surface area contributed by atoms with Gasteiger partial charge in [0.15, 0.2) is 15.3 Å². The Labute approximate surface area is 127 Å². The molecule has 0 N–H and O–H groups in total. The zero-order valence-electron chi connectivity index (χ0n) is 12.5. The summed E-state index contributed by atoms with van der Waals surface area (Å²) in [6.07, 6.45) is 1.05. The largest absolute Gasteiger partial charge is 0.235 e. The SMILES string of the molecule is CC(C)CCN(C(C)C)S(=O)c1nc2ccccc2s1. The molecular weight excluding hydrogens is 288 g/mol. The summed E-state index contributed by atoms with van der Waals surface area (Å²) in [5.74, 6) is 0.614. The van der Waals surface area contributed by atoms with Crippen molar-refractivity contribution in [3.63, 3.8) is 0 Å². The number of aromatic nitrogens is 1. The molecule has 1 unspecified atom stereocenters. The highest BCUT2D eigenvalue weighted by Crippen LogP contribution is 2.26. The number of benzene rings is 1. The zero-order valence-corrected chi connectivity index (χ0v) is 14.1. The Kier molecular flexibility index (Phi) is 5.29. The molecular formula is C15H22N2OS2. The van der Waals surface area contributed by atoms with Gasteiger partial charge in [0.2, 0.25) is 0 Å². The van der Waals surface area contributed by atoms with Gasteiger partial charge < -0.3 is 0 Å². The lowest BCUT2D eigenvalue weighted by molar-refractivity contribution is 0.350. The second kappa shape index (κ2) is 6.78. The van der Waals surface area contributed by atoms with E-state index in [0.29, 0.717) is 10.3 Å². The summed E-state index contributed by atoms with van der Waals surface area (Å²) in [4.78, 5) is 4.52. The van der Waals surface area contributed by atoms with Gasteiger partial charge in [-0.25, -0.2) is 13.5 Å². The molecule has 20 heavy (non-hydrogen) atoms. The number of fused-ring (bicyclic) bond motifs is 1. The van der Waals surface area contributed by atoms with Crippen LogP contribution < -0.4 is 0 Å². The highest BCUT2D eigenvalue weighted by atomic mass is 32.2. The van der Waals surface area contributed by atoms with Crippen LogP contribution in [0.1, 0.15) is 34.1 Å². The Morgan fingerprint density at radius 3 is 2.55 bits per heavy atom. The quantitative estimate of drug-likeness (QED) is 0.805. The van der Waals surface area contributed by atoms with E-state index in [0.717, 1.165) is 23.2 Å². The van der Waals surface area contributed by atoms with Crippen LogP contribution in [0.4, 0.5) is 0 Å². The molecule has 0 bridgehead atoms. The first-order chi connectivity index (χ1) is 9.49. The summed E-state index contributed by atoms with van der Waals surface area (Å²) in [6, 6.07) is 8.21. The second-order valence-electron chi connectivity index (χ2n) is 5.61. The maximum Gasteiger partial charge on any atom is 0.197 e. The van der Waals surface area contributed by atoms with Crippen LogP contribution in [-0.4, -0.2) is 26.1 Å². The summed E-state index contributed by atoms with van der Waals surface area (Å²) in [7, 11) is -1.16. The van der Waals surface area contributed by atoms with Crippen LogP contribution in [-0.2, 0) is 11.0 Å². The van der Waals surface area contributed by atoms with Gasteiger partial charge in [-0.3, -0.25) is 0 Å². The van der Waals surface area contributed by atoms with Crippen LogP contribution >= 0.6 is 11.3 Å². The molecule has 5 heteroatoms. The number of hydrogen-bond donors (Lipinski definition) is 0. The van der Waals surface area contributed by atoms with Crippen molar-refractivity contribution < 1.29 is 4.21 Å². The van der Waals surface area contributed by atoms with E-state index in [4.69, 9.17) is 0 Å². The maximum absolute atomic E-state index is 12.8. The Hall–Kier alpha value is -0.780. The smallest absolute Gasteiger partial charge is 0.197 e. The van der Waals surface area contributed by atoms with Gasteiger partial charge in [0.25, 0.3) is 0 Å². The van der Waals surface area contributed by atoms with Crippen LogP contribution in [0.15, 0.2) is 28.6 Å². The Morgan fingerprint density at radius 1 is 1.25 bits per heavy atom. The first-order valence-electron chi connectivity index (χ1n) is 7.03. The normalized spacial score (nSPS) is 13.8. The number of para-hydroxylation sites is 1. The molecule has 0 aliphatic carbocycles. The molecule has 0 amide bonds. The van der Waals surface area contributed by atoms with Crippen LogP contribution in [0.2, 0.25) is 0 Å². The molecule has 2 aromatic rings. The molecule has 0 aliphatic heterocycles. The molecule has 0 saturated heterocycles. The highest BCUT2D eigenvalue weighted by molar-refractivity contribution is 7.85. The monoisotopic (exact) mass is 310 g/mol. The van der Waals surface area contributed by atoms with E-state index in [2.05, 4.69) is 32.7 Å². The third-order valence-electron chi connectivity index (χ3n) is 3.14. The van der Waals surface area contributed by atoms with E-state index in [1.54, 1.807) is 0 Å². The zero-order chi connectivity index (χ0) is 14.7. The van der Waals surface area contributed by atoms with Crippen molar-refractivity contribution in [2.45, 2.75) is 44.5 Å². The van der Waals surface area contributed by atoms with E-state index >= 15 is 0 Å². The van der Waals surface area contributed by atoms with Crippen molar-refractivity contribution >= 4 is 32.5 Å². The molecule has 0 radical (unpaired) electrons. The second-order valence-corrected chi connectivity index (χ2v) is 8.26. The summed E-state index contributed by atoms with van der Waals surface area (Å²) in [6.45, 7) is 9.41. The molecule has 3 nitrogen and oxygen atoms in total. The van der Waals surface area contributed by atoms with Gasteiger partial charge in [-0.05, 0) is 38.3 Å². The minimum atomic E-state index is -1.16. The van der Waals surface area contributed by atoms with Crippen molar-refractivity contribution in [2.24, 2.45) is 5.92 Å². The minimum absolute atomic E-state index is 0.251. The Balaban J connectivity index is 2.22. The van der Waals surface area contributed by atoms with Crippen molar-refractivity contribution in [3.05, 3.63) is 24.3 Å². The van der Waals surface area contributed by atoms with Crippen LogP contribution in [0.3, 0.4) is 0 Å². The van der Waals surface area contributed by atoms with Crippen molar-refractivity contribution in [1.29, 1.82) is 0 Å². The third-order valence-corrected chi connectivity index (χ3v) is 6.07. The fraction of sp³-hybridized carbons (Fsp3) is 0.533. The predicted octanol–water partition coefficient (Wildman–Crippen LogP) is 4.08. The highest BCUT2D eigenvalue weighted by Gasteiger charge is 2.21. The van der Waals surface area contributed by atoms with Crippen molar-refractivity contribution in [2.75, 3.05) is 6.54 Å². The maximum atomic E-state index is 12.8. The molecule has 2 rings (SSSR count). The third kappa shape index (κ3) is 3.65. The molecule has 1 aromatic carbocycles. The van der Waals surface area contributed by atoms with E-state index < -0.39 is 11.0 Å². The van der Waals surface area contributed by atoms with Gasteiger partial charge in [-0.1, -0.05) is 26.0 Å². The molecule has 1 heterocycles. The van der Waals surface area contributed by atoms with Gasteiger partial charge in [0.05, 0.1) is 10.2 Å². The summed E-state index contributed by atoms with van der Waals surface area (Å²) in [5.41, 5.74) is 0.938. The van der Waals surface area contributed by atoms with E-state index in [9.17, 15) is 4.21 Å². The minimum Gasteiger partial charge on any atom is -0.235 e. The number of nitrogens with zero attached hydrogens (tertiary/aromatic N) is 2. The standard InChI is InChI=1S/C15H22N2OS2/c1-11(2)9-10-17(12(3)4)20(18)15-16-13-7-5-6-8-14(13)19-15/h5-8,11-12H,9-10H2,1-4H3. The molecule has 110 valence electrons.